The zero-order valence-electron chi connectivity index (χ0n) is 15.9. The molecule has 0 aliphatic heterocycles. The molecule has 0 spiro atoms. The van der Waals surface area contributed by atoms with E-state index in [1.54, 1.807) is 0 Å². The fourth-order valence-electron chi connectivity index (χ4n) is 3.13. The van der Waals surface area contributed by atoms with Gasteiger partial charge in [-0.05, 0) is 31.9 Å². The summed E-state index contributed by atoms with van der Waals surface area (Å²) in [6, 6.07) is 9.71. The quantitative estimate of drug-likeness (QED) is 0.559. The van der Waals surface area contributed by atoms with Gasteiger partial charge >= 0.3 is 0 Å². The molecule has 0 saturated heterocycles. The molecule has 4 rings (SSSR count). The number of nitrogens with two attached hydrogens (primary N) is 1. The lowest BCUT2D eigenvalue weighted by Crippen LogP contribution is -2.43. The molecule has 0 unspecified atom stereocenters. The summed E-state index contributed by atoms with van der Waals surface area (Å²) in [6.45, 7) is 2.47. The molecule has 0 amide bonds. The van der Waals surface area contributed by atoms with E-state index in [0.29, 0.717) is 24.0 Å². The smallest absolute Gasteiger partial charge is 0.158 e. The molecule has 1 aliphatic carbocycles. The lowest BCUT2D eigenvalue weighted by Gasteiger charge is -2.33. The van der Waals surface area contributed by atoms with E-state index in [1.165, 1.54) is 12.4 Å². The molecule has 0 atom stereocenters. The molecule has 0 bridgehead atoms. The third kappa shape index (κ3) is 4.12. The van der Waals surface area contributed by atoms with Crippen LogP contribution >= 0.6 is 0 Å². The van der Waals surface area contributed by atoms with E-state index in [4.69, 9.17) is 20.5 Å². The van der Waals surface area contributed by atoms with Crippen molar-refractivity contribution in [2.24, 2.45) is 5.73 Å². The average molecular weight is 391 g/mol. The summed E-state index contributed by atoms with van der Waals surface area (Å²) in [4.78, 5) is 8.14. The van der Waals surface area contributed by atoms with E-state index in [-0.39, 0.29) is 17.8 Å². The van der Waals surface area contributed by atoms with Crippen LogP contribution in [0.1, 0.15) is 25.5 Å². The number of H-pyrrole nitrogens is 1. The maximum atomic E-state index is 8.82. The molecule has 4 N–H and O–H groups in total. The van der Waals surface area contributed by atoms with E-state index in [2.05, 4.69) is 25.5 Å². The number of hydrogen-bond acceptors (Lipinski definition) is 8. The Morgan fingerprint density at radius 1 is 1.24 bits per heavy atom. The number of rotatable bonds is 7. The molecule has 9 heteroatoms. The summed E-state index contributed by atoms with van der Waals surface area (Å²) < 4.78 is 12.0. The second-order valence-corrected chi connectivity index (χ2v) is 6.72. The van der Waals surface area contributed by atoms with Crippen molar-refractivity contribution in [2.75, 3.05) is 11.9 Å². The molecule has 2 aromatic heterocycles. The Morgan fingerprint density at radius 3 is 2.76 bits per heavy atom. The Labute approximate surface area is 167 Å². The van der Waals surface area contributed by atoms with Crippen LogP contribution < -0.4 is 20.5 Å². The topological polar surface area (TPSA) is 135 Å². The van der Waals surface area contributed by atoms with Crippen LogP contribution in [0.5, 0.6) is 11.5 Å². The third-order valence-corrected chi connectivity index (χ3v) is 4.58. The normalized spacial score (nSPS) is 17.8. The van der Waals surface area contributed by atoms with E-state index >= 15 is 0 Å². The van der Waals surface area contributed by atoms with Crippen LogP contribution in [0.15, 0.2) is 36.7 Å². The van der Waals surface area contributed by atoms with Crippen molar-refractivity contribution in [1.29, 1.82) is 5.26 Å². The van der Waals surface area contributed by atoms with Crippen molar-refractivity contribution in [1.82, 2.24) is 20.2 Å². The number of aromatic amines is 1. The van der Waals surface area contributed by atoms with Crippen LogP contribution in [0.25, 0.3) is 11.3 Å². The minimum absolute atomic E-state index is 0.107. The number of nitrogens with one attached hydrogen (secondary N) is 2. The van der Waals surface area contributed by atoms with Crippen molar-refractivity contribution < 1.29 is 9.47 Å². The Balaban J connectivity index is 1.60. The van der Waals surface area contributed by atoms with Crippen molar-refractivity contribution >= 4 is 11.6 Å². The molecule has 1 aromatic carbocycles. The fourth-order valence-corrected chi connectivity index (χ4v) is 3.13. The molecular weight excluding hydrogens is 370 g/mol. The SMILES string of the molecule is CCOc1cccc(O[C@H]2C[C@H](N)C2)c1-c1cc(Nc2cnc(C#N)cn2)n[nH]1. The number of ether oxygens (including phenoxy) is 2. The Hall–Kier alpha value is -3.64. The largest absolute Gasteiger partial charge is 0.493 e. The van der Waals surface area contributed by atoms with Crippen molar-refractivity contribution in [2.45, 2.75) is 31.9 Å². The van der Waals surface area contributed by atoms with Crippen molar-refractivity contribution in [3.05, 3.63) is 42.4 Å². The molecule has 1 saturated carbocycles. The molecule has 1 aliphatic rings. The Bertz CT molecular complexity index is 1020. The fraction of sp³-hybridized carbons (Fsp3) is 0.300. The standard InChI is InChI=1S/C20H21N7O2/c1-2-28-16-4-3-5-17(29-14-6-12(22)7-14)20(16)15-8-18(27-26-15)25-19-11-23-13(9-21)10-24-19/h3-5,8,10-12,14H,2,6-7,22H2,1H3,(H2,24,25,26,27)/t12-,14-. The lowest BCUT2D eigenvalue weighted by molar-refractivity contribution is 0.101. The van der Waals surface area contributed by atoms with Crippen LogP contribution in [-0.2, 0) is 0 Å². The first-order valence-electron chi connectivity index (χ1n) is 9.39. The number of aromatic nitrogens is 4. The maximum Gasteiger partial charge on any atom is 0.158 e. The molecule has 1 fully saturated rings. The van der Waals surface area contributed by atoms with Gasteiger partial charge in [0.2, 0.25) is 0 Å². The number of benzene rings is 1. The number of nitriles is 1. The lowest BCUT2D eigenvalue weighted by atomic mass is 9.90. The maximum absolute atomic E-state index is 8.82. The van der Waals surface area contributed by atoms with Gasteiger partial charge in [-0.2, -0.15) is 10.4 Å². The van der Waals surface area contributed by atoms with Gasteiger partial charge in [0.1, 0.15) is 29.5 Å². The van der Waals surface area contributed by atoms with E-state index < -0.39 is 0 Å². The summed E-state index contributed by atoms with van der Waals surface area (Å²) in [7, 11) is 0. The van der Waals surface area contributed by atoms with E-state index in [1.807, 2.05) is 37.3 Å². The summed E-state index contributed by atoms with van der Waals surface area (Å²) >= 11 is 0. The molecule has 148 valence electrons. The van der Waals surface area contributed by atoms with Gasteiger partial charge in [0.25, 0.3) is 0 Å². The Kier molecular flexibility index (Phi) is 5.27. The summed E-state index contributed by atoms with van der Waals surface area (Å²) in [5.41, 5.74) is 7.69. The molecule has 2 heterocycles. The minimum atomic E-state index is 0.107. The average Bonchev–Trinajstić information content (AvgIpc) is 3.16. The first-order valence-corrected chi connectivity index (χ1v) is 9.39. The first-order chi connectivity index (χ1) is 14.2. The van der Waals surface area contributed by atoms with Gasteiger partial charge in [-0.25, -0.2) is 9.97 Å². The summed E-state index contributed by atoms with van der Waals surface area (Å²) in [6.07, 6.45) is 4.66. The van der Waals surface area contributed by atoms with Gasteiger partial charge < -0.3 is 20.5 Å². The van der Waals surface area contributed by atoms with Crippen LogP contribution in [0.4, 0.5) is 11.6 Å². The zero-order valence-corrected chi connectivity index (χ0v) is 15.9. The molecule has 29 heavy (non-hydrogen) atoms. The highest BCUT2D eigenvalue weighted by atomic mass is 16.5. The second-order valence-electron chi connectivity index (χ2n) is 6.72. The van der Waals surface area contributed by atoms with Gasteiger partial charge in [-0.1, -0.05) is 6.07 Å². The molecule has 3 aromatic rings. The van der Waals surface area contributed by atoms with Crippen LogP contribution in [0.3, 0.4) is 0 Å². The van der Waals surface area contributed by atoms with Gasteiger partial charge in [-0.3, -0.25) is 5.10 Å². The van der Waals surface area contributed by atoms with Gasteiger partial charge in [0, 0.05) is 12.1 Å². The van der Waals surface area contributed by atoms with Crippen molar-refractivity contribution in [3.8, 4) is 28.8 Å². The van der Waals surface area contributed by atoms with Gasteiger partial charge in [-0.15, -0.1) is 0 Å². The molecule has 0 radical (unpaired) electrons. The Morgan fingerprint density at radius 2 is 2.07 bits per heavy atom. The highest BCUT2D eigenvalue weighted by molar-refractivity contribution is 5.76. The number of hydrogen-bond donors (Lipinski definition) is 3. The molecule has 9 nitrogen and oxygen atoms in total. The second kappa shape index (κ2) is 8.16. The predicted molar refractivity (Wildman–Crippen MR) is 107 cm³/mol. The van der Waals surface area contributed by atoms with Crippen molar-refractivity contribution in [3.63, 3.8) is 0 Å². The minimum Gasteiger partial charge on any atom is -0.493 e. The van der Waals surface area contributed by atoms with E-state index in [9.17, 15) is 0 Å². The van der Waals surface area contributed by atoms with Gasteiger partial charge in [0.15, 0.2) is 11.5 Å². The number of nitrogens with zero attached hydrogens (tertiary/aromatic N) is 4. The van der Waals surface area contributed by atoms with Crippen LogP contribution in [-0.4, -0.2) is 38.9 Å². The predicted octanol–water partition coefficient (Wildman–Crippen LogP) is 2.75. The highest BCUT2D eigenvalue weighted by Gasteiger charge is 2.29. The molecular formula is C20H21N7O2. The zero-order chi connectivity index (χ0) is 20.2. The van der Waals surface area contributed by atoms with E-state index in [0.717, 1.165) is 29.8 Å². The van der Waals surface area contributed by atoms with Crippen LogP contribution in [0.2, 0.25) is 0 Å². The summed E-state index contributed by atoms with van der Waals surface area (Å²) in [5, 5.41) is 19.2. The third-order valence-electron chi connectivity index (χ3n) is 4.58. The van der Waals surface area contributed by atoms with Crippen LogP contribution in [0, 0.1) is 11.3 Å². The first kappa shape index (κ1) is 18.7. The summed E-state index contributed by atoms with van der Waals surface area (Å²) in [5.74, 6) is 2.48. The monoisotopic (exact) mass is 391 g/mol. The number of anilines is 2. The highest BCUT2D eigenvalue weighted by Crippen LogP contribution is 2.40. The van der Waals surface area contributed by atoms with Gasteiger partial charge in [0.05, 0.1) is 30.3 Å².